The summed E-state index contributed by atoms with van der Waals surface area (Å²) in [6, 6.07) is 7.62. The molecule has 0 saturated heterocycles. The second-order valence-electron chi connectivity index (χ2n) is 4.51. The number of likely N-dealkylation sites (N-methyl/N-ethyl adjacent to an activating group) is 1. The summed E-state index contributed by atoms with van der Waals surface area (Å²) in [4.78, 5) is 24.9. The fourth-order valence-corrected chi connectivity index (χ4v) is 2.19. The maximum absolute atomic E-state index is 12.0. The molecule has 1 amide bonds. The summed E-state index contributed by atoms with van der Waals surface area (Å²) in [5.41, 5.74) is 0.942. The quantitative estimate of drug-likeness (QED) is 0.779. The van der Waals surface area contributed by atoms with Gasteiger partial charge in [0, 0.05) is 18.1 Å². The Labute approximate surface area is 121 Å². The van der Waals surface area contributed by atoms with E-state index in [9.17, 15) is 9.59 Å². The molecule has 0 N–H and O–H groups in total. The average molecular weight is 328 g/mol. The summed E-state index contributed by atoms with van der Waals surface area (Å²) >= 11 is 3.37. The number of methoxy groups -OCH3 is 1. The molecule has 0 radical (unpaired) electrons. The number of nitrogens with zero attached hydrogens (tertiary/aromatic N) is 1. The van der Waals surface area contributed by atoms with Crippen LogP contribution in [0, 0.1) is 5.92 Å². The molecule has 19 heavy (non-hydrogen) atoms. The Morgan fingerprint density at radius 3 is 2.68 bits per heavy atom. The SMILES string of the molecule is COC(=O)C(C)CN(C)C(=O)Cc1cccc(Br)c1. The number of carbonyl (C=O) groups excluding carboxylic acids is 2. The Morgan fingerprint density at radius 1 is 1.42 bits per heavy atom. The van der Waals surface area contributed by atoms with Crippen LogP contribution < -0.4 is 0 Å². The first-order valence-electron chi connectivity index (χ1n) is 6.00. The zero-order valence-electron chi connectivity index (χ0n) is 11.4. The number of benzene rings is 1. The number of ether oxygens (including phenoxy) is 1. The van der Waals surface area contributed by atoms with Crippen molar-refractivity contribution in [1.29, 1.82) is 0 Å². The van der Waals surface area contributed by atoms with Gasteiger partial charge in [0.1, 0.15) is 0 Å². The molecule has 5 heteroatoms. The van der Waals surface area contributed by atoms with Gasteiger partial charge in [-0.1, -0.05) is 35.0 Å². The highest BCUT2D eigenvalue weighted by molar-refractivity contribution is 9.10. The van der Waals surface area contributed by atoms with E-state index in [2.05, 4.69) is 20.7 Å². The molecule has 1 unspecified atom stereocenters. The predicted molar refractivity (Wildman–Crippen MR) is 76.7 cm³/mol. The van der Waals surface area contributed by atoms with E-state index in [0.29, 0.717) is 13.0 Å². The fourth-order valence-electron chi connectivity index (χ4n) is 1.74. The lowest BCUT2D eigenvalue weighted by molar-refractivity contribution is -0.146. The van der Waals surface area contributed by atoms with E-state index in [-0.39, 0.29) is 17.8 Å². The molecule has 0 aliphatic rings. The van der Waals surface area contributed by atoms with E-state index >= 15 is 0 Å². The predicted octanol–water partition coefficient (Wildman–Crippen LogP) is 2.26. The molecule has 1 atom stereocenters. The molecule has 0 aliphatic heterocycles. The Hall–Kier alpha value is -1.36. The molecule has 0 heterocycles. The first-order valence-corrected chi connectivity index (χ1v) is 6.79. The van der Waals surface area contributed by atoms with E-state index in [1.165, 1.54) is 7.11 Å². The van der Waals surface area contributed by atoms with Crippen LogP contribution in [0.4, 0.5) is 0 Å². The number of amides is 1. The molecule has 0 bridgehead atoms. The van der Waals surface area contributed by atoms with Crippen LogP contribution in [0.15, 0.2) is 28.7 Å². The van der Waals surface area contributed by atoms with Gasteiger partial charge in [-0.3, -0.25) is 9.59 Å². The van der Waals surface area contributed by atoms with Crippen molar-refractivity contribution < 1.29 is 14.3 Å². The smallest absolute Gasteiger partial charge is 0.310 e. The van der Waals surface area contributed by atoms with E-state index in [1.807, 2.05) is 24.3 Å². The van der Waals surface area contributed by atoms with Crippen molar-refractivity contribution >= 4 is 27.8 Å². The third kappa shape index (κ3) is 5.03. The number of carbonyl (C=O) groups is 2. The normalized spacial score (nSPS) is 11.8. The standard InChI is InChI=1S/C14H18BrNO3/c1-10(14(18)19-3)9-16(2)13(17)8-11-5-4-6-12(15)7-11/h4-7,10H,8-9H2,1-3H3. The highest BCUT2D eigenvalue weighted by Crippen LogP contribution is 2.13. The van der Waals surface area contributed by atoms with Crippen molar-refractivity contribution in [3.05, 3.63) is 34.3 Å². The number of halogens is 1. The Kier molecular flexibility index (Phi) is 6.02. The Morgan fingerprint density at radius 2 is 2.11 bits per heavy atom. The number of rotatable bonds is 5. The first kappa shape index (κ1) is 15.7. The summed E-state index contributed by atoms with van der Waals surface area (Å²) in [7, 11) is 3.04. The van der Waals surface area contributed by atoms with Crippen molar-refractivity contribution in [2.75, 3.05) is 20.7 Å². The maximum atomic E-state index is 12.0. The van der Waals surface area contributed by atoms with Crippen LogP contribution in [0.25, 0.3) is 0 Å². The van der Waals surface area contributed by atoms with Crippen molar-refractivity contribution in [1.82, 2.24) is 4.90 Å². The molecule has 0 saturated carbocycles. The van der Waals surface area contributed by atoms with E-state index in [1.54, 1.807) is 18.9 Å². The molecule has 1 aromatic carbocycles. The zero-order chi connectivity index (χ0) is 14.4. The first-order chi connectivity index (χ1) is 8.93. The van der Waals surface area contributed by atoms with Crippen molar-refractivity contribution in [2.24, 2.45) is 5.92 Å². The number of hydrogen-bond acceptors (Lipinski definition) is 3. The molecule has 0 aromatic heterocycles. The van der Waals surface area contributed by atoms with Gasteiger partial charge in [0.2, 0.25) is 5.91 Å². The van der Waals surface area contributed by atoms with Crippen LogP contribution >= 0.6 is 15.9 Å². The minimum atomic E-state index is -0.318. The lowest BCUT2D eigenvalue weighted by Gasteiger charge is -2.20. The number of esters is 1. The largest absolute Gasteiger partial charge is 0.469 e. The maximum Gasteiger partial charge on any atom is 0.310 e. The molecule has 104 valence electrons. The highest BCUT2D eigenvalue weighted by Gasteiger charge is 2.18. The summed E-state index contributed by atoms with van der Waals surface area (Å²) in [5.74, 6) is -0.641. The van der Waals surface area contributed by atoms with Gasteiger partial charge in [-0.05, 0) is 17.7 Å². The van der Waals surface area contributed by atoms with Gasteiger partial charge in [-0.25, -0.2) is 0 Å². The summed E-state index contributed by atoms with van der Waals surface area (Å²) in [6.45, 7) is 2.11. The molecule has 4 nitrogen and oxygen atoms in total. The molecule has 0 fully saturated rings. The fraction of sp³-hybridized carbons (Fsp3) is 0.429. The monoisotopic (exact) mass is 327 g/mol. The lowest BCUT2D eigenvalue weighted by Crippen LogP contribution is -2.35. The van der Waals surface area contributed by atoms with E-state index < -0.39 is 0 Å². The highest BCUT2D eigenvalue weighted by atomic mass is 79.9. The summed E-state index contributed by atoms with van der Waals surface area (Å²) < 4.78 is 5.59. The van der Waals surface area contributed by atoms with Crippen LogP contribution in [-0.2, 0) is 20.7 Å². The van der Waals surface area contributed by atoms with Gasteiger partial charge in [0.15, 0.2) is 0 Å². The van der Waals surface area contributed by atoms with Gasteiger partial charge in [-0.15, -0.1) is 0 Å². The van der Waals surface area contributed by atoms with Crippen molar-refractivity contribution in [3.8, 4) is 0 Å². The van der Waals surface area contributed by atoms with Crippen LogP contribution in [-0.4, -0.2) is 37.5 Å². The molecule has 1 aromatic rings. The Bertz CT molecular complexity index is 462. The molecular formula is C14H18BrNO3. The van der Waals surface area contributed by atoms with Gasteiger partial charge in [-0.2, -0.15) is 0 Å². The minimum Gasteiger partial charge on any atom is -0.469 e. The summed E-state index contributed by atoms with van der Waals surface area (Å²) in [5, 5.41) is 0. The minimum absolute atomic E-state index is 0.0196. The van der Waals surface area contributed by atoms with Crippen molar-refractivity contribution in [3.63, 3.8) is 0 Å². The van der Waals surface area contributed by atoms with Crippen LogP contribution in [0.3, 0.4) is 0 Å². The molecule has 1 rings (SSSR count). The van der Waals surface area contributed by atoms with Crippen molar-refractivity contribution in [2.45, 2.75) is 13.3 Å². The second-order valence-corrected chi connectivity index (χ2v) is 5.42. The van der Waals surface area contributed by atoms with Crippen LogP contribution in [0.5, 0.6) is 0 Å². The van der Waals surface area contributed by atoms with Gasteiger partial charge < -0.3 is 9.64 Å². The molecule has 0 spiro atoms. The lowest BCUT2D eigenvalue weighted by atomic mass is 10.1. The number of hydrogen-bond donors (Lipinski definition) is 0. The van der Waals surface area contributed by atoms with Crippen LogP contribution in [0.2, 0.25) is 0 Å². The topological polar surface area (TPSA) is 46.6 Å². The Balaban J connectivity index is 2.56. The van der Waals surface area contributed by atoms with E-state index in [0.717, 1.165) is 10.0 Å². The van der Waals surface area contributed by atoms with Gasteiger partial charge in [0.05, 0.1) is 19.4 Å². The molecular weight excluding hydrogens is 310 g/mol. The third-order valence-electron chi connectivity index (χ3n) is 2.82. The second kappa shape index (κ2) is 7.28. The zero-order valence-corrected chi connectivity index (χ0v) is 12.9. The molecule has 0 aliphatic carbocycles. The van der Waals surface area contributed by atoms with E-state index in [4.69, 9.17) is 0 Å². The van der Waals surface area contributed by atoms with Crippen LogP contribution in [0.1, 0.15) is 12.5 Å². The third-order valence-corrected chi connectivity index (χ3v) is 3.31. The van der Waals surface area contributed by atoms with Gasteiger partial charge in [0.25, 0.3) is 0 Å². The average Bonchev–Trinajstić information content (AvgIpc) is 2.37. The summed E-state index contributed by atoms with van der Waals surface area (Å²) in [6.07, 6.45) is 0.323. The van der Waals surface area contributed by atoms with Gasteiger partial charge >= 0.3 is 5.97 Å².